The van der Waals surface area contributed by atoms with Crippen molar-refractivity contribution in [1.29, 1.82) is 0 Å². The Morgan fingerprint density at radius 1 is 1.25 bits per heavy atom. The second-order valence-electron chi connectivity index (χ2n) is 4.55. The van der Waals surface area contributed by atoms with Crippen LogP contribution in [0.4, 0.5) is 0 Å². The molecule has 1 aliphatic rings. The number of hydrogen-bond donors (Lipinski definition) is 0. The van der Waals surface area contributed by atoms with Crippen molar-refractivity contribution in [1.82, 2.24) is 9.88 Å². The summed E-state index contributed by atoms with van der Waals surface area (Å²) in [7, 11) is 0. The van der Waals surface area contributed by atoms with E-state index in [9.17, 15) is 4.79 Å². The number of rotatable bonds is 1. The average Bonchev–Trinajstić information content (AvgIpc) is 2.69. The Labute approximate surface area is 122 Å². The molecule has 5 heteroatoms. The van der Waals surface area contributed by atoms with Crippen molar-refractivity contribution in [3.05, 3.63) is 58.9 Å². The summed E-state index contributed by atoms with van der Waals surface area (Å²) < 4.78 is 5.65. The van der Waals surface area contributed by atoms with E-state index in [1.807, 2.05) is 24.3 Å². The number of nitrogens with zero attached hydrogens (tertiary/aromatic N) is 2. The lowest BCUT2D eigenvalue weighted by Gasteiger charge is -2.19. The SMILES string of the molecule is O=C(c1ccc(Cl)nc1)N1CCOc2ccccc2C1. The van der Waals surface area contributed by atoms with Crippen molar-refractivity contribution in [3.63, 3.8) is 0 Å². The summed E-state index contributed by atoms with van der Waals surface area (Å²) in [6, 6.07) is 11.1. The molecule has 0 N–H and O–H groups in total. The molecule has 0 bridgehead atoms. The molecule has 2 aromatic rings. The Bertz CT molecular complexity index is 628. The zero-order chi connectivity index (χ0) is 13.9. The lowest BCUT2D eigenvalue weighted by molar-refractivity contribution is 0.0733. The maximum absolute atomic E-state index is 12.5. The molecule has 0 fully saturated rings. The van der Waals surface area contributed by atoms with Gasteiger partial charge in [0, 0.05) is 18.3 Å². The van der Waals surface area contributed by atoms with Gasteiger partial charge in [0.25, 0.3) is 5.91 Å². The third-order valence-electron chi connectivity index (χ3n) is 3.21. The fourth-order valence-corrected chi connectivity index (χ4v) is 2.30. The lowest BCUT2D eigenvalue weighted by atomic mass is 10.1. The molecule has 1 aromatic carbocycles. The van der Waals surface area contributed by atoms with E-state index in [4.69, 9.17) is 16.3 Å². The summed E-state index contributed by atoms with van der Waals surface area (Å²) in [5, 5.41) is 0.381. The number of carbonyl (C=O) groups is 1. The van der Waals surface area contributed by atoms with Crippen LogP contribution in [0, 0.1) is 0 Å². The minimum Gasteiger partial charge on any atom is -0.491 e. The Hall–Kier alpha value is -2.07. The number of aromatic nitrogens is 1. The number of halogens is 1. The van der Waals surface area contributed by atoms with Crippen LogP contribution in [-0.2, 0) is 6.54 Å². The molecule has 102 valence electrons. The number of pyridine rings is 1. The molecule has 2 heterocycles. The highest BCUT2D eigenvalue weighted by atomic mass is 35.5. The monoisotopic (exact) mass is 288 g/mol. The smallest absolute Gasteiger partial charge is 0.255 e. The Morgan fingerprint density at radius 2 is 2.10 bits per heavy atom. The van der Waals surface area contributed by atoms with E-state index in [1.165, 1.54) is 6.20 Å². The quantitative estimate of drug-likeness (QED) is 0.758. The maximum atomic E-state index is 12.5. The van der Waals surface area contributed by atoms with Crippen LogP contribution < -0.4 is 4.74 Å². The van der Waals surface area contributed by atoms with Gasteiger partial charge in [-0.1, -0.05) is 29.8 Å². The first-order valence-corrected chi connectivity index (χ1v) is 6.73. The summed E-state index contributed by atoms with van der Waals surface area (Å²) in [4.78, 5) is 18.2. The molecule has 20 heavy (non-hydrogen) atoms. The highest BCUT2D eigenvalue weighted by molar-refractivity contribution is 6.29. The summed E-state index contributed by atoms with van der Waals surface area (Å²) in [5.41, 5.74) is 1.55. The van der Waals surface area contributed by atoms with Crippen molar-refractivity contribution in [2.45, 2.75) is 6.54 Å². The van der Waals surface area contributed by atoms with Crippen molar-refractivity contribution in [3.8, 4) is 5.75 Å². The van der Waals surface area contributed by atoms with E-state index in [2.05, 4.69) is 4.98 Å². The Balaban J connectivity index is 1.84. The Morgan fingerprint density at radius 3 is 2.90 bits per heavy atom. The van der Waals surface area contributed by atoms with Gasteiger partial charge in [0.05, 0.1) is 12.1 Å². The fourth-order valence-electron chi connectivity index (χ4n) is 2.18. The fraction of sp³-hybridized carbons (Fsp3) is 0.200. The van der Waals surface area contributed by atoms with Crippen LogP contribution >= 0.6 is 11.6 Å². The summed E-state index contributed by atoms with van der Waals surface area (Å²) in [5.74, 6) is 0.784. The first kappa shape index (κ1) is 12.9. The van der Waals surface area contributed by atoms with Crippen molar-refractivity contribution < 1.29 is 9.53 Å². The van der Waals surface area contributed by atoms with Crippen LogP contribution in [0.2, 0.25) is 5.15 Å². The normalized spacial score (nSPS) is 14.2. The highest BCUT2D eigenvalue weighted by Crippen LogP contribution is 2.23. The molecule has 0 spiro atoms. The van der Waals surface area contributed by atoms with Gasteiger partial charge in [-0.25, -0.2) is 4.98 Å². The molecule has 3 rings (SSSR count). The number of carbonyl (C=O) groups excluding carboxylic acids is 1. The molecule has 0 unspecified atom stereocenters. The van der Waals surface area contributed by atoms with Crippen LogP contribution in [0.3, 0.4) is 0 Å². The first-order valence-electron chi connectivity index (χ1n) is 6.35. The van der Waals surface area contributed by atoms with Crippen molar-refractivity contribution in [2.24, 2.45) is 0 Å². The number of hydrogen-bond acceptors (Lipinski definition) is 3. The molecule has 0 radical (unpaired) electrons. The molecule has 1 amide bonds. The van der Waals surface area contributed by atoms with Crippen molar-refractivity contribution in [2.75, 3.05) is 13.2 Å². The van der Waals surface area contributed by atoms with Gasteiger partial charge in [0.2, 0.25) is 0 Å². The van der Waals surface area contributed by atoms with Crippen LogP contribution in [0.5, 0.6) is 5.75 Å². The van der Waals surface area contributed by atoms with Crippen LogP contribution in [0.25, 0.3) is 0 Å². The van der Waals surface area contributed by atoms with Gasteiger partial charge >= 0.3 is 0 Å². The van der Waals surface area contributed by atoms with Gasteiger partial charge in [0.15, 0.2) is 0 Å². The third kappa shape index (κ3) is 2.60. The molecular weight excluding hydrogens is 276 g/mol. The zero-order valence-electron chi connectivity index (χ0n) is 10.8. The van der Waals surface area contributed by atoms with E-state index < -0.39 is 0 Å². The predicted molar refractivity (Wildman–Crippen MR) is 75.9 cm³/mol. The van der Waals surface area contributed by atoms with Gasteiger partial charge in [-0.2, -0.15) is 0 Å². The average molecular weight is 289 g/mol. The van der Waals surface area contributed by atoms with E-state index in [1.54, 1.807) is 17.0 Å². The number of amides is 1. The molecule has 0 saturated carbocycles. The van der Waals surface area contributed by atoms with Gasteiger partial charge in [-0.05, 0) is 18.2 Å². The molecule has 0 saturated heterocycles. The molecule has 1 aromatic heterocycles. The van der Waals surface area contributed by atoms with E-state index in [-0.39, 0.29) is 5.91 Å². The molecule has 0 aliphatic carbocycles. The summed E-state index contributed by atoms with van der Waals surface area (Å²) >= 11 is 5.74. The topological polar surface area (TPSA) is 42.4 Å². The zero-order valence-corrected chi connectivity index (χ0v) is 11.5. The summed E-state index contributed by atoms with van der Waals surface area (Å²) in [6.45, 7) is 1.58. The number of para-hydroxylation sites is 1. The van der Waals surface area contributed by atoms with Gasteiger partial charge in [-0.3, -0.25) is 4.79 Å². The minimum atomic E-state index is -0.0607. The van der Waals surface area contributed by atoms with Crippen LogP contribution in [0.1, 0.15) is 15.9 Å². The predicted octanol–water partition coefficient (Wildman–Crippen LogP) is 2.77. The highest BCUT2D eigenvalue weighted by Gasteiger charge is 2.20. The van der Waals surface area contributed by atoms with Crippen molar-refractivity contribution >= 4 is 17.5 Å². The van der Waals surface area contributed by atoms with E-state index in [0.717, 1.165) is 11.3 Å². The standard InChI is InChI=1S/C15H13ClN2O2/c16-14-6-5-11(9-17-14)15(19)18-7-8-20-13-4-2-1-3-12(13)10-18/h1-6,9H,7-8,10H2. The number of benzene rings is 1. The minimum absolute atomic E-state index is 0.0607. The number of ether oxygens (including phenoxy) is 1. The molecule has 4 nitrogen and oxygen atoms in total. The second kappa shape index (κ2) is 5.51. The molecular formula is C15H13ClN2O2. The van der Waals surface area contributed by atoms with Crippen LogP contribution in [0.15, 0.2) is 42.6 Å². The molecule has 0 atom stereocenters. The molecule has 1 aliphatic heterocycles. The maximum Gasteiger partial charge on any atom is 0.255 e. The first-order chi connectivity index (χ1) is 9.74. The van der Waals surface area contributed by atoms with Gasteiger partial charge in [-0.15, -0.1) is 0 Å². The lowest BCUT2D eigenvalue weighted by Crippen LogP contribution is -2.32. The largest absolute Gasteiger partial charge is 0.491 e. The van der Waals surface area contributed by atoms with E-state index >= 15 is 0 Å². The summed E-state index contributed by atoms with van der Waals surface area (Å²) in [6.07, 6.45) is 1.50. The van der Waals surface area contributed by atoms with E-state index in [0.29, 0.717) is 30.4 Å². The third-order valence-corrected chi connectivity index (χ3v) is 3.44. The van der Waals surface area contributed by atoms with Crippen LogP contribution in [-0.4, -0.2) is 28.9 Å². The number of fused-ring (bicyclic) bond motifs is 1. The second-order valence-corrected chi connectivity index (χ2v) is 4.94. The van der Waals surface area contributed by atoms with Gasteiger partial charge < -0.3 is 9.64 Å². The Kier molecular flexibility index (Phi) is 3.56. The van der Waals surface area contributed by atoms with Gasteiger partial charge in [0.1, 0.15) is 17.5 Å².